The third-order valence-electron chi connectivity index (χ3n) is 2.19. The van der Waals surface area contributed by atoms with Gasteiger partial charge < -0.3 is 14.8 Å². The maximum Gasteiger partial charge on any atom is 0.408 e. The number of carbonyl (C=O) groups is 2. The van der Waals surface area contributed by atoms with Gasteiger partial charge in [0.05, 0.1) is 5.69 Å². The van der Waals surface area contributed by atoms with Crippen LogP contribution in [0.25, 0.3) is 0 Å². The van der Waals surface area contributed by atoms with E-state index in [0.717, 1.165) is 0 Å². The second-order valence-corrected chi connectivity index (χ2v) is 5.16. The number of amides is 1. The monoisotopic (exact) mass is 250 g/mol. The van der Waals surface area contributed by atoms with Crippen molar-refractivity contribution in [1.82, 2.24) is 10.3 Å². The molecule has 1 aromatic heterocycles. The Labute approximate surface area is 107 Å². The predicted octanol–water partition coefficient (Wildman–Crippen LogP) is 2.02. The van der Waals surface area contributed by atoms with Gasteiger partial charge in [-0.3, -0.25) is 4.98 Å². The van der Waals surface area contributed by atoms with Crippen molar-refractivity contribution in [3.8, 4) is 0 Å². The Morgan fingerprint density at radius 3 is 2.44 bits per heavy atom. The molecule has 1 amide bonds. The van der Waals surface area contributed by atoms with Crippen molar-refractivity contribution in [2.24, 2.45) is 0 Å². The van der Waals surface area contributed by atoms with E-state index in [9.17, 15) is 9.59 Å². The van der Waals surface area contributed by atoms with Gasteiger partial charge in [0, 0.05) is 6.20 Å². The fourth-order valence-corrected chi connectivity index (χ4v) is 1.34. The van der Waals surface area contributed by atoms with Crippen molar-refractivity contribution >= 4 is 12.4 Å². The first-order chi connectivity index (χ1) is 8.27. The van der Waals surface area contributed by atoms with Gasteiger partial charge in [0.25, 0.3) is 0 Å². The molecule has 1 rings (SSSR count). The molecule has 1 aromatic rings. The quantitative estimate of drug-likeness (QED) is 0.833. The van der Waals surface area contributed by atoms with Gasteiger partial charge in [-0.2, -0.15) is 0 Å². The molecule has 0 saturated heterocycles. The number of hydrogen-bond donors (Lipinski definition) is 1. The molecule has 18 heavy (non-hydrogen) atoms. The average molecular weight is 250 g/mol. The van der Waals surface area contributed by atoms with Crippen LogP contribution in [-0.4, -0.2) is 23.0 Å². The highest BCUT2D eigenvalue weighted by atomic mass is 16.6. The van der Waals surface area contributed by atoms with Crippen molar-refractivity contribution in [1.29, 1.82) is 0 Å². The van der Waals surface area contributed by atoms with Gasteiger partial charge in [-0.15, -0.1) is 0 Å². The SMILES string of the molecule is CC(C)(C)OC(=O)NC(C)(C=O)c1ccccn1. The summed E-state index contributed by atoms with van der Waals surface area (Å²) >= 11 is 0. The Morgan fingerprint density at radius 1 is 1.33 bits per heavy atom. The van der Waals surface area contributed by atoms with E-state index in [1.807, 2.05) is 0 Å². The van der Waals surface area contributed by atoms with Crippen LogP contribution in [0.1, 0.15) is 33.4 Å². The Hall–Kier alpha value is -1.91. The first-order valence-electron chi connectivity index (χ1n) is 5.66. The van der Waals surface area contributed by atoms with Crippen LogP contribution in [0.2, 0.25) is 0 Å². The van der Waals surface area contributed by atoms with Gasteiger partial charge in [-0.25, -0.2) is 4.79 Å². The molecule has 0 fully saturated rings. The molecular weight excluding hydrogens is 232 g/mol. The van der Waals surface area contributed by atoms with E-state index in [1.165, 1.54) is 0 Å². The van der Waals surface area contributed by atoms with Crippen molar-refractivity contribution in [3.63, 3.8) is 0 Å². The van der Waals surface area contributed by atoms with E-state index >= 15 is 0 Å². The maximum atomic E-state index is 11.7. The van der Waals surface area contributed by atoms with Crippen LogP contribution in [0.3, 0.4) is 0 Å². The van der Waals surface area contributed by atoms with Crippen LogP contribution in [0, 0.1) is 0 Å². The molecule has 0 radical (unpaired) electrons. The molecule has 0 aliphatic carbocycles. The summed E-state index contributed by atoms with van der Waals surface area (Å²) in [5.41, 5.74) is -1.34. The Morgan fingerprint density at radius 2 is 2.00 bits per heavy atom. The molecule has 1 atom stereocenters. The molecule has 0 aliphatic rings. The van der Waals surface area contributed by atoms with Gasteiger partial charge in [-0.1, -0.05) is 6.07 Å². The molecule has 0 saturated carbocycles. The van der Waals surface area contributed by atoms with Crippen molar-refractivity contribution in [2.45, 2.75) is 38.8 Å². The Kier molecular flexibility index (Phi) is 4.06. The second-order valence-electron chi connectivity index (χ2n) is 5.16. The molecule has 0 aromatic carbocycles. The largest absolute Gasteiger partial charge is 0.444 e. The topological polar surface area (TPSA) is 68.3 Å². The van der Waals surface area contributed by atoms with E-state index in [-0.39, 0.29) is 0 Å². The average Bonchev–Trinajstić information content (AvgIpc) is 2.27. The number of nitrogens with one attached hydrogen (secondary N) is 1. The van der Waals surface area contributed by atoms with E-state index in [4.69, 9.17) is 4.74 Å². The number of carbonyl (C=O) groups excluding carboxylic acids is 2. The summed E-state index contributed by atoms with van der Waals surface area (Å²) < 4.78 is 5.12. The van der Waals surface area contributed by atoms with Crippen LogP contribution >= 0.6 is 0 Å². The Balaban J connectivity index is 2.85. The first-order valence-corrected chi connectivity index (χ1v) is 5.66. The molecule has 5 nitrogen and oxygen atoms in total. The van der Waals surface area contributed by atoms with Gasteiger partial charge in [0.2, 0.25) is 0 Å². The lowest BCUT2D eigenvalue weighted by molar-refractivity contribution is -0.113. The zero-order valence-electron chi connectivity index (χ0n) is 11.1. The summed E-state index contributed by atoms with van der Waals surface area (Å²) in [6.45, 7) is 6.84. The molecule has 1 N–H and O–H groups in total. The van der Waals surface area contributed by atoms with E-state index in [1.54, 1.807) is 52.1 Å². The minimum atomic E-state index is -1.19. The van der Waals surface area contributed by atoms with E-state index in [2.05, 4.69) is 10.3 Å². The van der Waals surface area contributed by atoms with Crippen LogP contribution in [-0.2, 0) is 15.1 Å². The number of nitrogens with zero attached hydrogens (tertiary/aromatic N) is 1. The zero-order valence-corrected chi connectivity index (χ0v) is 11.1. The van der Waals surface area contributed by atoms with Gasteiger partial charge in [0.15, 0.2) is 6.29 Å². The number of alkyl carbamates (subject to hydrolysis) is 1. The second kappa shape index (κ2) is 5.16. The highest BCUT2D eigenvalue weighted by molar-refractivity contribution is 5.77. The molecule has 5 heteroatoms. The first kappa shape index (κ1) is 14.2. The van der Waals surface area contributed by atoms with Crippen LogP contribution in [0.5, 0.6) is 0 Å². The highest BCUT2D eigenvalue weighted by Crippen LogP contribution is 2.16. The minimum Gasteiger partial charge on any atom is -0.444 e. The number of hydrogen-bond acceptors (Lipinski definition) is 4. The third-order valence-corrected chi connectivity index (χ3v) is 2.19. The zero-order chi connectivity index (χ0) is 13.8. The van der Waals surface area contributed by atoms with Gasteiger partial charge >= 0.3 is 6.09 Å². The summed E-state index contributed by atoms with van der Waals surface area (Å²) in [6.07, 6.45) is 1.55. The normalized spacial score (nSPS) is 14.4. The fourth-order valence-electron chi connectivity index (χ4n) is 1.34. The fraction of sp³-hybridized carbons (Fsp3) is 0.462. The lowest BCUT2D eigenvalue weighted by atomic mass is 9.99. The number of pyridine rings is 1. The van der Waals surface area contributed by atoms with Crippen molar-refractivity contribution in [2.75, 3.05) is 0 Å². The molecular formula is C13H18N2O3. The van der Waals surface area contributed by atoms with Crippen molar-refractivity contribution < 1.29 is 14.3 Å². The lowest BCUT2D eigenvalue weighted by Gasteiger charge is -2.27. The summed E-state index contributed by atoms with van der Waals surface area (Å²) in [5, 5.41) is 2.52. The van der Waals surface area contributed by atoms with Crippen LogP contribution in [0.15, 0.2) is 24.4 Å². The summed E-state index contributed by atoms with van der Waals surface area (Å²) in [5.74, 6) is 0. The van der Waals surface area contributed by atoms with Crippen LogP contribution in [0.4, 0.5) is 4.79 Å². The Bertz CT molecular complexity index is 426. The number of aldehydes is 1. The lowest BCUT2D eigenvalue weighted by Crippen LogP contribution is -2.47. The molecule has 1 heterocycles. The summed E-state index contributed by atoms with van der Waals surface area (Å²) in [4.78, 5) is 27.0. The van der Waals surface area contributed by atoms with Crippen LogP contribution < -0.4 is 5.32 Å². The molecule has 0 bridgehead atoms. The molecule has 0 spiro atoms. The predicted molar refractivity (Wildman–Crippen MR) is 67.0 cm³/mol. The minimum absolute atomic E-state index is 0.464. The molecule has 98 valence electrons. The van der Waals surface area contributed by atoms with Gasteiger partial charge in [0.1, 0.15) is 11.1 Å². The van der Waals surface area contributed by atoms with Crippen molar-refractivity contribution in [3.05, 3.63) is 30.1 Å². The number of ether oxygens (including phenoxy) is 1. The highest BCUT2D eigenvalue weighted by Gasteiger charge is 2.31. The van der Waals surface area contributed by atoms with Gasteiger partial charge in [-0.05, 0) is 39.8 Å². The third kappa shape index (κ3) is 3.84. The summed E-state index contributed by atoms with van der Waals surface area (Å²) in [6, 6.07) is 5.16. The van der Waals surface area contributed by atoms with E-state index < -0.39 is 17.2 Å². The smallest absolute Gasteiger partial charge is 0.408 e. The molecule has 1 unspecified atom stereocenters. The summed E-state index contributed by atoms with van der Waals surface area (Å²) in [7, 11) is 0. The number of aromatic nitrogens is 1. The molecule has 0 aliphatic heterocycles. The maximum absolute atomic E-state index is 11.7. The number of rotatable bonds is 3. The van der Waals surface area contributed by atoms with E-state index in [0.29, 0.717) is 12.0 Å². The standard InChI is InChI=1S/C13H18N2O3/c1-12(2,3)18-11(17)15-13(4,9-16)10-7-5-6-8-14-10/h5-9H,1-4H3,(H,15,17).